The number of aromatic nitrogens is 4. The first-order valence-electron chi connectivity index (χ1n) is 10.5. The van der Waals surface area contributed by atoms with E-state index < -0.39 is 27.1 Å². The van der Waals surface area contributed by atoms with Gasteiger partial charge in [0.25, 0.3) is 0 Å². The Balaban J connectivity index is 2.35. The first kappa shape index (κ1) is 23.8. The van der Waals surface area contributed by atoms with Crippen LogP contribution in [-0.4, -0.2) is 41.1 Å². The van der Waals surface area contributed by atoms with Gasteiger partial charge < -0.3 is 0 Å². The molecular formula is C21H32BrFN4Sn. The van der Waals surface area contributed by atoms with E-state index in [1.165, 1.54) is 64.0 Å². The topological polar surface area (TPSA) is 43.6 Å². The van der Waals surface area contributed by atoms with E-state index in [2.05, 4.69) is 52.0 Å². The normalized spacial score (nSPS) is 11.9. The molecule has 2 rings (SSSR count). The summed E-state index contributed by atoms with van der Waals surface area (Å²) in [5.41, 5.74) is 1.35. The van der Waals surface area contributed by atoms with Gasteiger partial charge in [0.2, 0.25) is 0 Å². The molecule has 0 spiro atoms. The van der Waals surface area contributed by atoms with Crippen LogP contribution in [0.15, 0.2) is 16.7 Å². The molecule has 0 saturated heterocycles. The fraction of sp³-hybridized carbons (Fsp3) is 0.667. The molecule has 0 aliphatic carbocycles. The van der Waals surface area contributed by atoms with Crippen LogP contribution < -0.4 is 3.71 Å². The van der Waals surface area contributed by atoms with Crippen molar-refractivity contribution >= 4 is 40.8 Å². The van der Waals surface area contributed by atoms with E-state index in [1.807, 2.05) is 6.92 Å². The number of nitrogens with zero attached hydrogens (tertiary/aromatic N) is 4. The summed E-state index contributed by atoms with van der Waals surface area (Å²) in [5.74, 6) is -0.512. The Kier molecular flexibility index (Phi) is 9.87. The van der Waals surface area contributed by atoms with Gasteiger partial charge in [-0.3, -0.25) is 0 Å². The molecule has 0 aromatic carbocycles. The monoisotopic (exact) mass is 558 g/mol. The number of pyridine rings is 1. The molecule has 0 N–H and O–H groups in total. The van der Waals surface area contributed by atoms with E-state index in [1.54, 1.807) is 10.7 Å². The van der Waals surface area contributed by atoms with E-state index in [0.717, 1.165) is 13.9 Å². The fourth-order valence-corrected chi connectivity index (χ4v) is 9.02. The van der Waals surface area contributed by atoms with Crippen molar-refractivity contribution in [1.29, 1.82) is 0 Å². The molecule has 4 nitrogen and oxygen atoms in total. The second kappa shape index (κ2) is 11.6. The van der Waals surface area contributed by atoms with Crippen molar-refractivity contribution in [2.45, 2.75) is 88.9 Å². The van der Waals surface area contributed by atoms with Gasteiger partial charge >= 0.3 is 188 Å². The first-order valence-corrected chi connectivity index (χ1v) is 14.1. The van der Waals surface area contributed by atoms with Gasteiger partial charge in [0.15, 0.2) is 0 Å². The molecule has 0 bridgehead atoms. The summed E-state index contributed by atoms with van der Waals surface area (Å²) in [7, 11) is 0. The van der Waals surface area contributed by atoms with E-state index >= 15 is 0 Å². The van der Waals surface area contributed by atoms with E-state index in [4.69, 9.17) is 0 Å². The maximum absolute atomic E-state index is 14.3. The molecule has 0 amide bonds. The molecule has 2 aromatic rings. The van der Waals surface area contributed by atoms with Crippen LogP contribution in [0.3, 0.4) is 0 Å². The molecule has 2 aromatic heterocycles. The minimum absolute atomic E-state index is 0.367. The van der Waals surface area contributed by atoms with Gasteiger partial charge in [-0.15, -0.1) is 0 Å². The van der Waals surface area contributed by atoms with Crippen LogP contribution in [-0.2, 0) is 0 Å². The summed E-state index contributed by atoms with van der Waals surface area (Å²) < 4.78 is 18.2. The summed E-state index contributed by atoms with van der Waals surface area (Å²) in [6.45, 7) is 8.86. The number of hydrogen-bond acceptors (Lipinski definition) is 3. The molecule has 0 aliphatic rings. The Bertz CT molecular complexity index is 728. The van der Waals surface area contributed by atoms with Crippen molar-refractivity contribution in [2.24, 2.45) is 0 Å². The zero-order valence-corrected chi connectivity index (χ0v) is 22.0. The third kappa shape index (κ3) is 6.25. The summed E-state index contributed by atoms with van der Waals surface area (Å²) in [5, 5.41) is 8.87. The van der Waals surface area contributed by atoms with Crippen LogP contribution in [0, 0.1) is 12.9 Å². The first-order chi connectivity index (χ1) is 13.5. The third-order valence-electron chi connectivity index (χ3n) is 5.32. The van der Waals surface area contributed by atoms with Gasteiger partial charge in [-0.05, 0) is 0 Å². The van der Waals surface area contributed by atoms with Gasteiger partial charge in [-0.1, -0.05) is 0 Å². The zero-order valence-electron chi connectivity index (χ0n) is 17.6. The fourth-order valence-electron chi connectivity index (χ4n) is 3.59. The van der Waals surface area contributed by atoms with E-state index in [9.17, 15) is 4.39 Å². The molecule has 2 radical (unpaired) electrons. The van der Waals surface area contributed by atoms with Crippen LogP contribution in [0.1, 0.15) is 84.3 Å². The van der Waals surface area contributed by atoms with Crippen molar-refractivity contribution in [2.75, 3.05) is 0 Å². The van der Waals surface area contributed by atoms with Gasteiger partial charge in [-0.2, -0.15) is 0 Å². The molecule has 28 heavy (non-hydrogen) atoms. The minimum atomic E-state index is -1.00. The summed E-state index contributed by atoms with van der Waals surface area (Å²) in [6.07, 6.45) is 12.9. The summed E-state index contributed by atoms with van der Waals surface area (Å²) in [6, 6.07) is 1.72. The van der Waals surface area contributed by atoms with Crippen molar-refractivity contribution in [3.05, 3.63) is 28.4 Å². The van der Waals surface area contributed by atoms with Crippen LogP contribution in [0.4, 0.5) is 4.39 Å². The van der Waals surface area contributed by atoms with Crippen molar-refractivity contribution in [3.8, 4) is 5.69 Å². The van der Waals surface area contributed by atoms with Crippen molar-refractivity contribution < 1.29 is 4.39 Å². The molecule has 7 heteroatoms. The van der Waals surface area contributed by atoms with Gasteiger partial charge in [-0.25, -0.2) is 0 Å². The Labute approximate surface area is 187 Å². The Morgan fingerprint density at radius 1 is 1.07 bits per heavy atom. The SMILES string of the molecule is CCCC[C](CCCC)(CCCC)[Sn][c]1nnn(-c2cc(Br)cnc2F)c1C. The second-order valence-corrected chi connectivity index (χ2v) is 13.6. The van der Waals surface area contributed by atoms with Gasteiger partial charge in [0, 0.05) is 0 Å². The molecule has 0 aliphatic heterocycles. The number of hydrogen-bond donors (Lipinski definition) is 0. The average Bonchev–Trinajstić information content (AvgIpc) is 3.04. The predicted octanol–water partition coefficient (Wildman–Crippen LogP) is 5.93. The quantitative estimate of drug-likeness (QED) is 0.240. The van der Waals surface area contributed by atoms with E-state index in [-0.39, 0.29) is 0 Å². The van der Waals surface area contributed by atoms with Crippen LogP contribution in [0.25, 0.3) is 5.69 Å². The second-order valence-electron chi connectivity index (χ2n) is 7.61. The third-order valence-corrected chi connectivity index (χ3v) is 11.4. The average molecular weight is 558 g/mol. The number of unbranched alkanes of at least 4 members (excludes halogenated alkanes) is 3. The Morgan fingerprint density at radius 3 is 2.18 bits per heavy atom. The van der Waals surface area contributed by atoms with E-state index in [0.29, 0.717) is 9.12 Å². The van der Waals surface area contributed by atoms with Crippen molar-refractivity contribution in [1.82, 2.24) is 20.0 Å². The molecule has 0 fully saturated rings. The summed E-state index contributed by atoms with van der Waals surface area (Å²) in [4.78, 5) is 3.81. The van der Waals surface area contributed by atoms with Crippen LogP contribution >= 0.6 is 15.9 Å². The number of rotatable bonds is 12. The zero-order chi connectivity index (χ0) is 20.6. The Hall–Kier alpha value is -0.501. The molecular weight excluding hydrogens is 526 g/mol. The summed E-state index contributed by atoms with van der Waals surface area (Å²) >= 11 is 2.38. The molecule has 154 valence electrons. The standard InChI is InChI=1S/C13H27.C8H5BrFN4.Sn/c1-4-7-10-13(11-8-5-2)12-9-6-3;1-5-3-12-13-14(5)7-2-6(9)4-11-8(7)10;/h4-12H2,1-3H3;2,4H,1H3;. The maximum atomic E-state index is 14.3. The molecule has 0 atom stereocenters. The van der Waals surface area contributed by atoms with Gasteiger partial charge in [0.1, 0.15) is 0 Å². The predicted molar refractivity (Wildman–Crippen MR) is 118 cm³/mol. The Morgan fingerprint density at radius 2 is 1.64 bits per heavy atom. The molecule has 0 unspecified atom stereocenters. The van der Waals surface area contributed by atoms with Crippen LogP contribution in [0.2, 0.25) is 3.43 Å². The molecule has 2 heterocycles. The molecule has 0 saturated carbocycles. The number of halogens is 2. The van der Waals surface area contributed by atoms with Crippen LogP contribution in [0.5, 0.6) is 0 Å². The van der Waals surface area contributed by atoms with Gasteiger partial charge in [0.05, 0.1) is 0 Å². The van der Waals surface area contributed by atoms with Crippen molar-refractivity contribution in [3.63, 3.8) is 0 Å².